The lowest BCUT2D eigenvalue weighted by molar-refractivity contribution is 0.356. The summed E-state index contributed by atoms with van der Waals surface area (Å²) >= 11 is 0. The molecule has 0 spiro atoms. The van der Waals surface area contributed by atoms with Gasteiger partial charge in [0.2, 0.25) is 0 Å². The van der Waals surface area contributed by atoms with Gasteiger partial charge in [-0.15, -0.1) is 0 Å². The number of rotatable bonds is 7. The highest BCUT2D eigenvalue weighted by atomic mass is 16.5. The lowest BCUT2D eigenvalue weighted by Gasteiger charge is -2.09. The van der Waals surface area contributed by atoms with Crippen molar-refractivity contribution in [2.45, 2.75) is 45.1 Å². The summed E-state index contributed by atoms with van der Waals surface area (Å²) in [6, 6.07) is 4.10. The molecule has 0 aliphatic carbocycles. The molecule has 2 unspecified atom stereocenters. The Kier molecular flexibility index (Phi) is 5.07. The van der Waals surface area contributed by atoms with Gasteiger partial charge in [-0.2, -0.15) is 0 Å². The Morgan fingerprint density at radius 1 is 1.14 bits per heavy atom. The standard InChI is InChI=1S/C16H25N3O2/c1-10(6-5-7-11(2)17)16-18-12-8-14(20-3)15(21-4)9-13(12)19-16/h8-11H,5-7,17H2,1-4H3,(H,18,19). The first-order chi connectivity index (χ1) is 10.0. The van der Waals surface area contributed by atoms with E-state index in [2.05, 4.69) is 16.9 Å². The zero-order valence-corrected chi connectivity index (χ0v) is 13.3. The van der Waals surface area contributed by atoms with E-state index in [0.717, 1.165) is 36.1 Å². The minimum atomic E-state index is 0.265. The third kappa shape index (κ3) is 3.67. The zero-order chi connectivity index (χ0) is 15.4. The number of nitrogens with one attached hydrogen (secondary N) is 1. The Morgan fingerprint density at radius 2 is 1.81 bits per heavy atom. The SMILES string of the molecule is COc1cc2nc(C(C)CCCC(C)N)[nH]c2cc1OC. The van der Waals surface area contributed by atoms with Gasteiger partial charge in [-0.1, -0.05) is 13.3 Å². The number of imidazole rings is 1. The Morgan fingerprint density at radius 3 is 2.43 bits per heavy atom. The Hall–Kier alpha value is -1.75. The molecule has 3 N–H and O–H groups in total. The van der Waals surface area contributed by atoms with E-state index in [1.54, 1.807) is 14.2 Å². The van der Waals surface area contributed by atoms with Gasteiger partial charge < -0.3 is 20.2 Å². The molecule has 0 aliphatic heterocycles. The number of ether oxygens (including phenoxy) is 2. The molecular formula is C16H25N3O2. The number of fused-ring (bicyclic) bond motifs is 1. The van der Waals surface area contributed by atoms with Gasteiger partial charge in [0.25, 0.3) is 0 Å². The van der Waals surface area contributed by atoms with Crippen LogP contribution in [0.25, 0.3) is 11.0 Å². The van der Waals surface area contributed by atoms with Gasteiger partial charge in [0.15, 0.2) is 11.5 Å². The minimum Gasteiger partial charge on any atom is -0.493 e. The first kappa shape index (κ1) is 15.6. The average Bonchev–Trinajstić information content (AvgIpc) is 2.87. The lowest BCUT2D eigenvalue weighted by Crippen LogP contribution is -2.14. The number of H-pyrrole nitrogens is 1. The number of aromatic amines is 1. The number of nitrogens with zero attached hydrogens (tertiary/aromatic N) is 1. The van der Waals surface area contributed by atoms with Gasteiger partial charge in [0.1, 0.15) is 5.82 Å². The van der Waals surface area contributed by atoms with E-state index in [0.29, 0.717) is 17.4 Å². The molecule has 5 heteroatoms. The van der Waals surface area contributed by atoms with Crippen LogP contribution in [0.15, 0.2) is 12.1 Å². The Balaban J connectivity index is 2.18. The molecule has 0 bridgehead atoms. The molecule has 0 amide bonds. The van der Waals surface area contributed by atoms with Crippen LogP contribution in [0.3, 0.4) is 0 Å². The van der Waals surface area contributed by atoms with Crippen molar-refractivity contribution in [3.8, 4) is 11.5 Å². The predicted octanol–water partition coefficient (Wildman–Crippen LogP) is 3.20. The Labute approximate surface area is 125 Å². The van der Waals surface area contributed by atoms with Crippen LogP contribution in [-0.2, 0) is 0 Å². The van der Waals surface area contributed by atoms with Gasteiger partial charge in [-0.25, -0.2) is 4.98 Å². The molecule has 0 radical (unpaired) electrons. The van der Waals surface area contributed by atoms with Crippen molar-refractivity contribution in [2.75, 3.05) is 14.2 Å². The van der Waals surface area contributed by atoms with Crippen LogP contribution in [0.2, 0.25) is 0 Å². The van der Waals surface area contributed by atoms with Gasteiger partial charge in [0, 0.05) is 24.1 Å². The summed E-state index contributed by atoms with van der Waals surface area (Å²) in [5, 5.41) is 0. The predicted molar refractivity (Wildman–Crippen MR) is 85.1 cm³/mol. The summed E-state index contributed by atoms with van der Waals surface area (Å²) in [5.41, 5.74) is 7.67. The average molecular weight is 291 g/mol. The zero-order valence-electron chi connectivity index (χ0n) is 13.3. The van der Waals surface area contributed by atoms with E-state index in [4.69, 9.17) is 15.2 Å². The third-order valence-corrected chi connectivity index (χ3v) is 3.77. The van der Waals surface area contributed by atoms with Crippen LogP contribution < -0.4 is 15.2 Å². The largest absolute Gasteiger partial charge is 0.493 e. The topological polar surface area (TPSA) is 73.2 Å². The lowest BCUT2D eigenvalue weighted by atomic mass is 10.0. The summed E-state index contributed by atoms with van der Waals surface area (Å²) in [7, 11) is 3.27. The first-order valence-corrected chi connectivity index (χ1v) is 7.42. The second-order valence-corrected chi connectivity index (χ2v) is 5.66. The van der Waals surface area contributed by atoms with E-state index >= 15 is 0 Å². The third-order valence-electron chi connectivity index (χ3n) is 3.77. The van der Waals surface area contributed by atoms with E-state index in [1.807, 2.05) is 19.1 Å². The molecule has 2 atom stereocenters. The second kappa shape index (κ2) is 6.80. The summed E-state index contributed by atoms with van der Waals surface area (Å²) in [6.07, 6.45) is 3.24. The molecular weight excluding hydrogens is 266 g/mol. The smallest absolute Gasteiger partial charge is 0.163 e. The fourth-order valence-corrected chi connectivity index (χ4v) is 2.47. The molecule has 0 saturated heterocycles. The van der Waals surface area contributed by atoms with E-state index in [-0.39, 0.29) is 6.04 Å². The highest BCUT2D eigenvalue weighted by Gasteiger charge is 2.14. The van der Waals surface area contributed by atoms with Crippen LogP contribution in [0, 0.1) is 0 Å². The van der Waals surface area contributed by atoms with Crippen molar-refractivity contribution >= 4 is 11.0 Å². The van der Waals surface area contributed by atoms with Gasteiger partial charge in [-0.05, 0) is 19.8 Å². The van der Waals surface area contributed by atoms with Crippen LogP contribution in [0.4, 0.5) is 0 Å². The highest BCUT2D eigenvalue weighted by molar-refractivity contribution is 5.79. The maximum atomic E-state index is 5.79. The molecule has 21 heavy (non-hydrogen) atoms. The van der Waals surface area contributed by atoms with E-state index < -0.39 is 0 Å². The maximum absolute atomic E-state index is 5.79. The van der Waals surface area contributed by atoms with Crippen molar-refractivity contribution in [1.82, 2.24) is 9.97 Å². The molecule has 116 valence electrons. The molecule has 2 aromatic rings. The van der Waals surface area contributed by atoms with Gasteiger partial charge in [0.05, 0.1) is 25.3 Å². The van der Waals surface area contributed by atoms with Crippen molar-refractivity contribution in [1.29, 1.82) is 0 Å². The van der Waals surface area contributed by atoms with Crippen molar-refractivity contribution in [3.63, 3.8) is 0 Å². The summed E-state index contributed by atoms with van der Waals surface area (Å²) < 4.78 is 10.6. The van der Waals surface area contributed by atoms with Crippen LogP contribution in [-0.4, -0.2) is 30.2 Å². The Bertz CT molecular complexity index is 551. The fraction of sp³-hybridized carbons (Fsp3) is 0.562. The van der Waals surface area contributed by atoms with E-state index in [1.165, 1.54) is 0 Å². The number of methoxy groups -OCH3 is 2. The van der Waals surface area contributed by atoms with Crippen molar-refractivity contribution in [3.05, 3.63) is 18.0 Å². The van der Waals surface area contributed by atoms with Crippen molar-refractivity contribution < 1.29 is 9.47 Å². The quantitative estimate of drug-likeness (QED) is 0.821. The maximum Gasteiger partial charge on any atom is 0.163 e. The van der Waals surface area contributed by atoms with Gasteiger partial charge in [-0.3, -0.25) is 0 Å². The van der Waals surface area contributed by atoms with Crippen LogP contribution >= 0.6 is 0 Å². The highest BCUT2D eigenvalue weighted by Crippen LogP contribution is 2.32. The van der Waals surface area contributed by atoms with Crippen LogP contribution in [0.1, 0.15) is 44.9 Å². The number of hydrogen-bond acceptors (Lipinski definition) is 4. The van der Waals surface area contributed by atoms with Crippen LogP contribution in [0.5, 0.6) is 11.5 Å². The number of nitrogens with two attached hydrogens (primary N) is 1. The summed E-state index contributed by atoms with van der Waals surface area (Å²) in [4.78, 5) is 8.05. The molecule has 1 heterocycles. The normalized spacial score (nSPS) is 14.1. The second-order valence-electron chi connectivity index (χ2n) is 5.66. The van der Waals surface area contributed by atoms with Gasteiger partial charge >= 0.3 is 0 Å². The molecule has 1 aromatic heterocycles. The molecule has 2 rings (SSSR count). The first-order valence-electron chi connectivity index (χ1n) is 7.42. The molecule has 0 saturated carbocycles. The molecule has 0 fully saturated rings. The molecule has 0 aliphatic rings. The number of benzene rings is 1. The summed E-state index contributed by atoms with van der Waals surface area (Å²) in [5.74, 6) is 2.80. The molecule has 1 aromatic carbocycles. The van der Waals surface area contributed by atoms with Crippen molar-refractivity contribution in [2.24, 2.45) is 5.73 Å². The van der Waals surface area contributed by atoms with E-state index in [9.17, 15) is 0 Å². The number of aromatic nitrogens is 2. The number of hydrogen-bond donors (Lipinski definition) is 2. The monoisotopic (exact) mass is 291 g/mol. The summed E-state index contributed by atoms with van der Waals surface area (Å²) in [6.45, 7) is 4.23. The molecule has 5 nitrogen and oxygen atoms in total. The minimum absolute atomic E-state index is 0.265. The fourth-order valence-electron chi connectivity index (χ4n) is 2.47.